The van der Waals surface area contributed by atoms with Gasteiger partial charge >= 0.3 is 0 Å². The number of hydrogen-bond donors (Lipinski definition) is 1. The van der Waals surface area contributed by atoms with Gasteiger partial charge < -0.3 is 14.4 Å². The summed E-state index contributed by atoms with van der Waals surface area (Å²) in [6.07, 6.45) is 0. The Kier molecular flexibility index (Phi) is 3.83. The van der Waals surface area contributed by atoms with E-state index in [1.165, 1.54) is 4.90 Å². The minimum Gasteiger partial charge on any atom is -0.460 e. The van der Waals surface area contributed by atoms with Crippen LogP contribution in [0.1, 0.15) is 6.92 Å². The van der Waals surface area contributed by atoms with Crippen LogP contribution < -0.4 is 4.90 Å². The van der Waals surface area contributed by atoms with Gasteiger partial charge in [0.25, 0.3) is 0 Å². The van der Waals surface area contributed by atoms with Gasteiger partial charge in [-0.1, -0.05) is 0 Å². The van der Waals surface area contributed by atoms with E-state index in [-0.39, 0.29) is 0 Å². The largest absolute Gasteiger partial charge is 0.460 e. The van der Waals surface area contributed by atoms with Crippen LogP contribution >= 0.6 is 0 Å². The Bertz CT molecular complexity index is 108. The van der Waals surface area contributed by atoms with E-state index in [4.69, 9.17) is 9.47 Å². The molecule has 0 spiro atoms. The normalized spacial score (nSPS) is 32.2. The molecule has 0 amide bonds. The summed E-state index contributed by atoms with van der Waals surface area (Å²) in [6, 6.07) is 0.434. The second-order valence-corrected chi connectivity index (χ2v) is 2.84. The van der Waals surface area contributed by atoms with Crippen LogP contribution in [0.25, 0.3) is 0 Å². The number of ether oxygens (including phenoxy) is 2. The molecule has 1 rings (SSSR count). The van der Waals surface area contributed by atoms with Crippen LogP contribution in [0.2, 0.25) is 0 Å². The summed E-state index contributed by atoms with van der Waals surface area (Å²) in [5, 5.41) is 0. The van der Waals surface area contributed by atoms with Crippen molar-refractivity contribution in [1.29, 1.82) is 0 Å². The maximum Gasteiger partial charge on any atom is 0.111 e. The zero-order chi connectivity index (χ0) is 8.10. The molecule has 2 atom stereocenters. The Morgan fingerprint density at radius 1 is 1.73 bits per heavy atom. The molecule has 0 aromatic rings. The maximum atomic E-state index is 5.31. The molecule has 1 fully saturated rings. The fourth-order valence-corrected chi connectivity index (χ4v) is 1.18. The highest BCUT2D eigenvalue weighted by molar-refractivity contribution is 4.56. The third-order valence-electron chi connectivity index (χ3n) is 1.99. The molecule has 1 heterocycles. The Morgan fingerprint density at radius 2 is 2.55 bits per heavy atom. The maximum absolute atomic E-state index is 5.31. The lowest BCUT2D eigenvalue weighted by Crippen LogP contribution is -3.14. The smallest absolute Gasteiger partial charge is 0.111 e. The summed E-state index contributed by atoms with van der Waals surface area (Å²) in [5.41, 5.74) is 0. The van der Waals surface area contributed by atoms with Gasteiger partial charge in [0.2, 0.25) is 0 Å². The molecule has 1 aliphatic heterocycles. The van der Waals surface area contributed by atoms with Gasteiger partial charge in [-0.05, 0) is 6.92 Å². The lowest BCUT2D eigenvalue weighted by molar-refractivity contribution is -0.891. The van der Waals surface area contributed by atoms with E-state index in [2.05, 4.69) is 7.05 Å². The molecule has 3 heteroatoms. The van der Waals surface area contributed by atoms with Gasteiger partial charge in [0.15, 0.2) is 0 Å². The SMILES string of the molecule is [CH2-][NH+]1CCOCC1COCC. The summed E-state index contributed by atoms with van der Waals surface area (Å²) in [6.45, 7) is 6.18. The van der Waals surface area contributed by atoms with Crippen LogP contribution in [0.3, 0.4) is 0 Å². The van der Waals surface area contributed by atoms with Crippen molar-refractivity contribution in [2.24, 2.45) is 0 Å². The quantitative estimate of drug-likeness (QED) is 0.539. The van der Waals surface area contributed by atoms with E-state index in [9.17, 15) is 0 Å². The van der Waals surface area contributed by atoms with Crippen molar-refractivity contribution >= 4 is 0 Å². The Hall–Kier alpha value is -0.120. The molecule has 0 aliphatic carbocycles. The zero-order valence-electron chi connectivity index (χ0n) is 7.14. The van der Waals surface area contributed by atoms with E-state index in [0.717, 1.165) is 33.0 Å². The van der Waals surface area contributed by atoms with Crippen molar-refractivity contribution in [2.45, 2.75) is 13.0 Å². The monoisotopic (exact) mass is 159 g/mol. The lowest BCUT2D eigenvalue weighted by atomic mass is 10.2. The number of hydrogen-bond acceptors (Lipinski definition) is 2. The highest BCUT2D eigenvalue weighted by atomic mass is 16.5. The van der Waals surface area contributed by atoms with Crippen LogP contribution in [-0.4, -0.2) is 39.0 Å². The molecule has 1 aliphatic rings. The Morgan fingerprint density at radius 3 is 3.18 bits per heavy atom. The average molecular weight is 159 g/mol. The van der Waals surface area contributed by atoms with Crippen molar-refractivity contribution < 1.29 is 14.4 Å². The second kappa shape index (κ2) is 4.70. The van der Waals surface area contributed by atoms with Crippen molar-refractivity contribution in [3.05, 3.63) is 7.05 Å². The van der Waals surface area contributed by atoms with Gasteiger partial charge in [-0.25, -0.2) is 0 Å². The van der Waals surface area contributed by atoms with Crippen LogP contribution in [0.5, 0.6) is 0 Å². The summed E-state index contributed by atoms with van der Waals surface area (Å²) < 4.78 is 10.6. The molecule has 0 radical (unpaired) electrons. The summed E-state index contributed by atoms with van der Waals surface area (Å²) in [7, 11) is 3.99. The van der Waals surface area contributed by atoms with E-state index in [0.29, 0.717) is 6.04 Å². The first-order valence-electron chi connectivity index (χ1n) is 4.17. The fourth-order valence-electron chi connectivity index (χ4n) is 1.18. The van der Waals surface area contributed by atoms with Crippen molar-refractivity contribution in [2.75, 3.05) is 33.0 Å². The van der Waals surface area contributed by atoms with Crippen molar-refractivity contribution in [3.8, 4) is 0 Å². The zero-order valence-corrected chi connectivity index (χ0v) is 7.14. The van der Waals surface area contributed by atoms with Gasteiger partial charge in [0.05, 0.1) is 26.4 Å². The van der Waals surface area contributed by atoms with Crippen molar-refractivity contribution in [3.63, 3.8) is 0 Å². The third-order valence-corrected chi connectivity index (χ3v) is 1.99. The van der Waals surface area contributed by atoms with E-state index in [1.807, 2.05) is 6.92 Å². The molecule has 0 bridgehead atoms. The minimum atomic E-state index is 0.434. The van der Waals surface area contributed by atoms with E-state index >= 15 is 0 Å². The fraction of sp³-hybridized carbons (Fsp3) is 0.875. The van der Waals surface area contributed by atoms with Gasteiger partial charge in [0, 0.05) is 6.61 Å². The van der Waals surface area contributed by atoms with Gasteiger partial charge in [-0.3, -0.25) is 0 Å². The predicted molar refractivity (Wildman–Crippen MR) is 42.3 cm³/mol. The first-order valence-corrected chi connectivity index (χ1v) is 4.17. The van der Waals surface area contributed by atoms with Gasteiger partial charge in [-0.15, -0.1) is 0 Å². The van der Waals surface area contributed by atoms with Crippen LogP contribution in [0.15, 0.2) is 0 Å². The lowest BCUT2D eigenvalue weighted by Gasteiger charge is -2.34. The number of morpholine rings is 1. The number of quaternary nitrogens is 1. The molecule has 1 N–H and O–H groups in total. The molecule has 1 saturated heterocycles. The molecule has 0 aromatic heterocycles. The Balaban J connectivity index is 2.18. The van der Waals surface area contributed by atoms with Crippen molar-refractivity contribution in [1.82, 2.24) is 0 Å². The third kappa shape index (κ3) is 2.77. The first-order chi connectivity index (χ1) is 5.34. The highest BCUT2D eigenvalue weighted by Crippen LogP contribution is 1.88. The van der Waals surface area contributed by atoms with Gasteiger partial charge in [-0.2, -0.15) is 7.05 Å². The highest BCUT2D eigenvalue weighted by Gasteiger charge is 2.18. The summed E-state index contributed by atoms with van der Waals surface area (Å²) in [4.78, 5) is 1.28. The molecular weight excluding hydrogens is 142 g/mol. The molecule has 0 aromatic carbocycles. The first kappa shape index (κ1) is 8.97. The van der Waals surface area contributed by atoms with Gasteiger partial charge in [0.1, 0.15) is 6.04 Å². The summed E-state index contributed by atoms with van der Waals surface area (Å²) in [5.74, 6) is 0. The van der Waals surface area contributed by atoms with E-state index < -0.39 is 0 Å². The summed E-state index contributed by atoms with van der Waals surface area (Å²) >= 11 is 0. The predicted octanol–water partition coefficient (Wildman–Crippen LogP) is -0.902. The molecule has 2 unspecified atom stereocenters. The number of nitrogens with one attached hydrogen (secondary N) is 1. The van der Waals surface area contributed by atoms with Crippen LogP contribution in [-0.2, 0) is 9.47 Å². The molecule has 3 nitrogen and oxygen atoms in total. The van der Waals surface area contributed by atoms with E-state index in [1.54, 1.807) is 0 Å². The molecular formula is C8H17NO2. The Labute approximate surface area is 68.3 Å². The van der Waals surface area contributed by atoms with Crippen LogP contribution in [0.4, 0.5) is 0 Å². The average Bonchev–Trinajstić information content (AvgIpc) is 2.03. The standard InChI is InChI=1S/C8H17NO2/c1-3-10-6-8-7-11-5-4-9(8)2/h8-9H,2-7H2,1H3. The topological polar surface area (TPSA) is 22.9 Å². The molecule has 66 valence electrons. The second-order valence-electron chi connectivity index (χ2n) is 2.84. The molecule has 0 saturated carbocycles. The molecule has 11 heavy (non-hydrogen) atoms. The minimum absolute atomic E-state index is 0.434. The van der Waals surface area contributed by atoms with Crippen LogP contribution in [0, 0.1) is 7.05 Å². The number of rotatable bonds is 3.